The van der Waals surface area contributed by atoms with Crippen LogP contribution >= 0.6 is 11.6 Å². The van der Waals surface area contributed by atoms with Crippen LogP contribution in [-0.4, -0.2) is 42.5 Å². The number of halogens is 2. The maximum Gasteiger partial charge on any atom is 0.156 e. The van der Waals surface area contributed by atoms with E-state index in [1.54, 1.807) is 20.8 Å². The molecule has 2 aromatic heterocycles. The molecule has 5 rings (SSSR count). The molecule has 0 aliphatic rings. The third kappa shape index (κ3) is 7.43. The highest BCUT2D eigenvalue weighted by atomic mass is 35.5. The van der Waals surface area contributed by atoms with Gasteiger partial charge in [0.2, 0.25) is 0 Å². The average molecular weight is 944 g/mol. The molecule has 2 unspecified atom stereocenters. The predicted octanol–water partition coefficient (Wildman–Crippen LogP) is 32.2. The molecule has 52 heavy (non-hydrogen) atoms. The molecule has 1 N–H and O–H groups in total. The molecule has 2 heterocycles. The van der Waals surface area contributed by atoms with Crippen LogP contribution in [0.2, 0.25) is 5.02 Å². The third-order valence-corrected chi connectivity index (χ3v) is 13.2. The van der Waals surface area contributed by atoms with Crippen molar-refractivity contribution in [3.8, 4) is 17.1 Å². The smallest absolute Gasteiger partial charge is 0.156 e. The molecule has 458 valence electrons. The van der Waals surface area contributed by atoms with Crippen LogP contribution in [0.4, 0.5) is 15.9 Å². The van der Waals surface area contributed by atoms with Crippen molar-refractivity contribution in [2.75, 3.05) is 18.5 Å². The van der Waals surface area contributed by atoms with E-state index in [1.165, 1.54) is 18.5 Å². The molecule has 0 amide bonds. The number of sulfone groups is 1. The number of benzene rings is 3. The van der Waals surface area contributed by atoms with Gasteiger partial charge in [0.05, 0.1) is 28.5 Å². The van der Waals surface area contributed by atoms with E-state index in [2.05, 4.69) is 10.3 Å². The quantitative estimate of drug-likeness (QED) is 0.132. The summed E-state index contributed by atoms with van der Waals surface area (Å²) in [5.41, 5.74) is 9.18. The number of hydrogen-bond donors (Lipinski definition) is 1. The van der Waals surface area contributed by atoms with Crippen LogP contribution in [0.15, 0.2) is 41.1 Å². The second kappa shape index (κ2) is 15.2. The van der Waals surface area contributed by atoms with Gasteiger partial charge < -0.3 is 19.4 Å². The number of rotatable bonds is 12. The molecule has 2 atom stereocenters. The molecule has 5 aromatic rings. The van der Waals surface area contributed by atoms with Gasteiger partial charge in [0.25, 0.3) is 0 Å². The van der Waals surface area contributed by atoms with E-state index in [0.29, 0.717) is 33.7 Å². The molecule has 0 radical (unpaired) electrons. The number of ether oxygens (including phenoxy) is 1. The van der Waals surface area contributed by atoms with Gasteiger partial charge in [0.15, 0.2) is 9.84 Å². The van der Waals surface area contributed by atoms with Crippen LogP contribution in [0.25, 0.3) is 22.2 Å². The molecular formula is C41H230ClFN4O4S. The van der Waals surface area contributed by atoms with Crippen molar-refractivity contribution in [1.29, 1.82) is 0 Å². The largest absolute Gasteiger partial charge is 0.487 e. The Hall–Kier alpha value is -3.99. The lowest BCUT2D eigenvalue weighted by molar-refractivity contribution is 0.302. The molecule has 3 aromatic carbocycles. The average Bonchev–Trinajstić information content (AvgIpc) is 3.60. The Labute approximate surface area is 457 Å². The number of nitrogens with one attached hydrogen (secondary N) is 1. The van der Waals surface area contributed by atoms with Crippen molar-refractivity contribution in [3.63, 3.8) is 0 Å². The number of fused-ring (bicyclic) bond motifs is 1. The molecule has 0 aliphatic carbocycles. The van der Waals surface area contributed by atoms with Crippen LogP contribution in [0.3, 0.4) is 0 Å². The molecule has 0 spiro atoms. The van der Waals surface area contributed by atoms with Gasteiger partial charge in [-0.25, -0.2) is 22.8 Å². The number of aryl methyl sites for hydroxylation is 3. The Balaban J connectivity index is -0.00000000476. The van der Waals surface area contributed by atoms with Crippen molar-refractivity contribution in [2.45, 2.75) is 99.3 Å². The lowest BCUT2D eigenvalue weighted by Crippen LogP contribution is -2.36. The first kappa shape index (κ1) is 30.5. The van der Waals surface area contributed by atoms with E-state index in [9.17, 15) is 12.8 Å². The van der Waals surface area contributed by atoms with Crippen LogP contribution < -0.4 is 15.0 Å². The summed E-state index contributed by atoms with van der Waals surface area (Å²) in [6.07, 6.45) is 1.54. The second-order valence-electron chi connectivity index (χ2n) is 14.2. The fraction of sp³-hybridized carbons (Fsp3) is 0.415. The number of aromatic nitrogens is 2. The Morgan fingerprint density at radius 3 is 2.37 bits per heavy atom. The zero-order chi connectivity index (χ0) is 51.3. The molecule has 0 saturated heterocycles. The summed E-state index contributed by atoms with van der Waals surface area (Å²) < 4.78 is 121. The lowest BCUT2D eigenvalue weighted by atomic mass is 9.95. The van der Waals surface area contributed by atoms with Gasteiger partial charge >= 0.3 is 0 Å². The second-order valence-corrected chi connectivity index (χ2v) is 17.6. The first-order valence-electron chi connectivity index (χ1n) is 24.0. The van der Waals surface area contributed by atoms with E-state index < -0.39 is 20.3 Å². The van der Waals surface area contributed by atoms with Crippen molar-refractivity contribution in [2.24, 2.45) is 0 Å². The summed E-state index contributed by atoms with van der Waals surface area (Å²) in [6, 6.07) is 6.79. The fourth-order valence-electron chi connectivity index (χ4n) is 6.81. The van der Waals surface area contributed by atoms with Gasteiger partial charge in [-0.1, -0.05) is 11.6 Å². The standard InChI is InChI=1S/C41H50ClFN4O4S.90H2/c1-21(2)52(48,49)25(6)18-44-30(11)39-24(5)15-36(51-39)37-23(4)14-34-38(29(37)10)41(46-20-45-34)47(12)35-17-33(42)40(28(9)27(35)8)50-19-31-16-32(43)13-22(3)26(31)7;;;;;;;;;;;;;;;;;;;;;;;;;;;;;;;;;;;;;;;;;;;;;;;;;;;;;;;;;;;;;;;;;;;;;;;;;;;;;;;;;;;;;;;;;;/h13-17,20-21,25,30,44H,18-19H2,1-12H3;90*1H/i15D;6*1+1D;;;;;;;;;;;;;;;;;;;;;;;;;;;;;;;;;;;;;;;;;;;;;;;;;;;;;;;;;;;;;;;;;;;;;;;;;;;;;;;;;;;;. The number of furan rings is 1. The molecule has 0 aliphatic heterocycles. The van der Waals surface area contributed by atoms with Gasteiger partial charge in [-0.05, 0) is 151 Å². The summed E-state index contributed by atoms with van der Waals surface area (Å²) in [7, 11) is -1.34. The minimum Gasteiger partial charge on any atom is -0.487 e. The van der Waals surface area contributed by atoms with Crippen LogP contribution in [0.5, 0.6) is 5.75 Å². The zero-order valence-electron chi connectivity index (χ0n) is 45.2. The van der Waals surface area contributed by atoms with E-state index in [4.69, 9.17) is 44.9 Å². The summed E-state index contributed by atoms with van der Waals surface area (Å²) in [5, 5.41) is 3.50. The highest BCUT2D eigenvalue weighted by molar-refractivity contribution is 7.92. The van der Waals surface area contributed by atoms with Crippen molar-refractivity contribution in [3.05, 3.63) is 97.7 Å². The molecule has 0 bridgehead atoms. The molecular weight excluding hydrogens is 699 g/mol. The molecule has 0 fully saturated rings. The summed E-state index contributed by atoms with van der Waals surface area (Å²) in [4.78, 5) is 11.3. The summed E-state index contributed by atoms with van der Waals surface area (Å²) in [5.74, 6) is 1.91. The highest BCUT2D eigenvalue weighted by Crippen LogP contribution is 2.43. The number of nitrogens with zero attached hydrogens (tertiary/aromatic N) is 3. The van der Waals surface area contributed by atoms with Crippen LogP contribution in [-0.2, 0) is 16.4 Å². The number of anilines is 2. The van der Waals surface area contributed by atoms with Crippen molar-refractivity contribution in [1.82, 2.24) is 15.3 Å². The van der Waals surface area contributed by atoms with Crippen LogP contribution in [0, 0.1) is 54.3 Å². The topological polar surface area (TPSA) is 97.6 Å². The van der Waals surface area contributed by atoms with Crippen molar-refractivity contribution < 1.29 is 161 Å². The minimum atomic E-state index is -3.27. The predicted molar refractivity (Wildman–Crippen MR) is 401 cm³/mol. The zero-order valence-corrected chi connectivity index (χ0v) is 33.7. The fourth-order valence-corrected chi connectivity index (χ4v) is 8.36. The Bertz CT molecular complexity index is 2460. The maximum absolute atomic E-state index is 14.2. The van der Waals surface area contributed by atoms with E-state index >= 15 is 0 Å². The molecule has 11 heteroatoms. The van der Waals surface area contributed by atoms with Crippen molar-refractivity contribution >= 4 is 43.8 Å². The van der Waals surface area contributed by atoms with E-state index in [1.807, 2.05) is 79.5 Å². The summed E-state index contributed by atoms with van der Waals surface area (Å²) in [6.45, 7) is 21.0. The number of hydrogen-bond acceptors (Lipinski definition) is 8. The lowest BCUT2D eigenvalue weighted by Gasteiger charge is -2.26. The Morgan fingerprint density at radius 2 is 1.69 bits per heavy atom. The molecule has 0 saturated carbocycles. The van der Waals surface area contributed by atoms with E-state index in [-0.39, 0.29) is 151 Å². The van der Waals surface area contributed by atoms with Gasteiger partial charge in [-0.2, -0.15) is 0 Å². The van der Waals surface area contributed by atoms with Crippen LogP contribution in [0.1, 0.15) is 223 Å². The van der Waals surface area contributed by atoms with Gasteiger partial charge in [0, 0.05) is 168 Å². The van der Waals surface area contributed by atoms with E-state index in [0.717, 1.165) is 61.1 Å². The third-order valence-electron chi connectivity index (χ3n) is 10.3. The van der Waals surface area contributed by atoms with Gasteiger partial charge in [-0.15, -0.1) is 0 Å². The summed E-state index contributed by atoms with van der Waals surface area (Å²) >= 11 is 6.89. The first-order valence-corrected chi connectivity index (χ1v) is 19.5. The van der Waals surface area contributed by atoms with Gasteiger partial charge in [-0.3, -0.25) is 0 Å². The Kier molecular flexibility index (Phi) is 8.89. The van der Waals surface area contributed by atoms with Gasteiger partial charge in [0.1, 0.15) is 41.8 Å². The molecule has 8 nitrogen and oxygen atoms in total. The SMILES string of the molecule is [2H][2H].[2H][2H].[2H][2H].[2H][2H].[2H][2H].[2H][2H].[2H]c1c(-c2c(C)cc3ncnc(N(C)c4cc(Cl)c(OCc5cc(F)cc(C)c5C)c(C)c4C)c3c2C)oc(C(C)NCC(C)S(=O)(=O)C(C)C)c1C.[HH].[HH].[HH].[HH].[HH].[HH].[HH].[HH].[HH].[HH].[HH].[HH].[HH].[HH].[HH].[HH].[HH].[HH].[HH].[HH].[HH].[HH].[HH].[HH].[HH].[HH].[HH].[HH].[HH].[HH].[HH].[HH].[HH].[HH].[HH].[HH].[HH].[HH].[HH].[HH].[HH].[HH].[HH].[HH].[HH].[HH].[HH].[HH].[HH].[HH].[HH].[HH].[HH].[HH].[HH].[HH].[HH].[HH].[HH].[HH].[HH].[HH].[HH].[HH].[HH].[HH].[HH].[HH].[HH].[HH].[HH].[HH].[HH].[HH].[HH].[HH].[HH].[HH].[HH].[HH].[HH].[HH].[HH].[HH]. The monoisotopic (exact) mass is 943 g/mol. The Morgan fingerprint density at radius 1 is 1.00 bits per heavy atom. The highest BCUT2D eigenvalue weighted by Gasteiger charge is 2.27. The first-order chi connectivity index (χ1) is 30.8. The minimum absolute atomic E-state index is 0. The normalized spacial score (nSPS) is 14.4. The maximum atomic E-state index is 14.2.